The second-order valence-corrected chi connectivity index (χ2v) is 4.86. The van der Waals surface area contributed by atoms with Crippen molar-refractivity contribution in [3.63, 3.8) is 0 Å². The molecule has 0 bridgehead atoms. The number of rotatable bonds is 3. The number of fused-ring (bicyclic) bond motifs is 1. The zero-order valence-electron chi connectivity index (χ0n) is 11.5. The molecule has 1 aliphatic heterocycles. The van der Waals surface area contributed by atoms with Gasteiger partial charge in [-0.25, -0.2) is 4.79 Å². The molecule has 0 aliphatic carbocycles. The van der Waals surface area contributed by atoms with Gasteiger partial charge in [0.1, 0.15) is 23.7 Å². The number of allylic oxidation sites excluding steroid dienone is 1. The molecule has 21 heavy (non-hydrogen) atoms. The van der Waals surface area contributed by atoms with Gasteiger partial charge in [-0.1, -0.05) is 0 Å². The average molecular weight is 286 g/mol. The first-order valence-electron chi connectivity index (χ1n) is 6.69. The molecule has 0 spiro atoms. The van der Waals surface area contributed by atoms with Crippen molar-refractivity contribution in [2.75, 3.05) is 6.61 Å². The van der Waals surface area contributed by atoms with E-state index in [2.05, 4.69) is 0 Å². The number of hydrogen-bond acceptors (Lipinski definition) is 5. The lowest BCUT2D eigenvalue weighted by atomic mass is 10.1. The molecule has 2 aromatic rings. The van der Waals surface area contributed by atoms with Crippen molar-refractivity contribution in [2.45, 2.75) is 19.8 Å². The van der Waals surface area contributed by atoms with Crippen LogP contribution in [0.2, 0.25) is 0 Å². The number of hydrogen-bond donors (Lipinski definition) is 0. The molecular weight excluding hydrogens is 272 g/mol. The highest BCUT2D eigenvalue weighted by atomic mass is 16.5. The van der Waals surface area contributed by atoms with Crippen LogP contribution in [-0.4, -0.2) is 12.6 Å². The zero-order valence-corrected chi connectivity index (χ0v) is 11.5. The molecule has 1 aromatic heterocycles. The molecule has 2 heterocycles. The molecule has 1 fully saturated rings. The Bertz CT molecular complexity index is 785. The molecule has 5 heteroatoms. The summed E-state index contributed by atoms with van der Waals surface area (Å²) in [5.41, 5.74) is 0.988. The van der Waals surface area contributed by atoms with E-state index in [1.807, 2.05) is 19.1 Å². The first-order chi connectivity index (χ1) is 10.1. The third kappa shape index (κ3) is 2.97. The van der Waals surface area contributed by atoms with Crippen LogP contribution in [0.15, 0.2) is 45.3 Å². The fraction of sp³-hybridized carbons (Fsp3) is 0.250. The molecule has 0 saturated carbocycles. The molecule has 3 rings (SSSR count). The summed E-state index contributed by atoms with van der Waals surface area (Å²) in [6.07, 6.45) is 2.78. The number of esters is 1. The third-order valence-corrected chi connectivity index (χ3v) is 3.30. The van der Waals surface area contributed by atoms with E-state index in [1.165, 1.54) is 6.07 Å². The maximum absolute atomic E-state index is 11.4. The topological polar surface area (TPSA) is 65.7 Å². The van der Waals surface area contributed by atoms with Crippen LogP contribution >= 0.6 is 0 Å². The summed E-state index contributed by atoms with van der Waals surface area (Å²) in [6, 6.07) is 6.81. The normalized spacial score (nSPS) is 16.4. The van der Waals surface area contributed by atoms with E-state index in [0.29, 0.717) is 36.5 Å². The quantitative estimate of drug-likeness (QED) is 0.641. The van der Waals surface area contributed by atoms with E-state index >= 15 is 0 Å². The van der Waals surface area contributed by atoms with E-state index in [4.69, 9.17) is 13.9 Å². The summed E-state index contributed by atoms with van der Waals surface area (Å²) in [4.78, 5) is 22.3. The maximum atomic E-state index is 11.4. The highest BCUT2D eigenvalue weighted by Crippen LogP contribution is 2.22. The number of benzene rings is 1. The molecule has 0 amide bonds. The molecule has 108 valence electrons. The molecule has 1 saturated heterocycles. The summed E-state index contributed by atoms with van der Waals surface area (Å²) in [6.45, 7) is 2.16. The van der Waals surface area contributed by atoms with Gasteiger partial charge in [-0.15, -0.1) is 0 Å². The molecular formula is C16H14O5. The monoisotopic (exact) mass is 286 g/mol. The predicted octanol–water partition coefficient (Wildman–Crippen LogP) is 2.70. The molecule has 0 atom stereocenters. The zero-order chi connectivity index (χ0) is 14.8. The first kappa shape index (κ1) is 13.4. The lowest BCUT2D eigenvalue weighted by molar-refractivity contribution is -0.135. The molecule has 1 aliphatic rings. The summed E-state index contributed by atoms with van der Waals surface area (Å²) >= 11 is 0. The van der Waals surface area contributed by atoms with Crippen molar-refractivity contribution in [3.05, 3.63) is 52.1 Å². The predicted molar refractivity (Wildman–Crippen MR) is 76.1 cm³/mol. The van der Waals surface area contributed by atoms with Gasteiger partial charge < -0.3 is 13.9 Å². The number of aryl methyl sites for hydroxylation is 1. The van der Waals surface area contributed by atoms with Gasteiger partial charge in [-0.3, -0.25) is 4.79 Å². The number of carbonyl (C=O) groups excluding carboxylic acids is 1. The van der Waals surface area contributed by atoms with Gasteiger partial charge in [-0.05, 0) is 30.7 Å². The van der Waals surface area contributed by atoms with Crippen LogP contribution < -0.4 is 10.4 Å². The summed E-state index contributed by atoms with van der Waals surface area (Å²) in [5, 5.41) is 0.880. The number of carbonyl (C=O) groups is 1. The Hall–Kier alpha value is -2.56. The Morgan fingerprint density at radius 3 is 2.86 bits per heavy atom. The van der Waals surface area contributed by atoms with Crippen molar-refractivity contribution < 1.29 is 18.7 Å². The van der Waals surface area contributed by atoms with Crippen LogP contribution in [0.5, 0.6) is 5.75 Å². The largest absolute Gasteiger partial charge is 0.489 e. The van der Waals surface area contributed by atoms with E-state index in [-0.39, 0.29) is 11.6 Å². The number of ether oxygens (including phenoxy) is 2. The molecule has 1 aromatic carbocycles. The van der Waals surface area contributed by atoms with Crippen molar-refractivity contribution in [1.29, 1.82) is 0 Å². The Labute approximate surface area is 120 Å². The van der Waals surface area contributed by atoms with Gasteiger partial charge in [0.05, 0.1) is 6.42 Å². The minimum Gasteiger partial charge on any atom is -0.489 e. The standard InChI is InChI=1S/C16H14O5/c1-10-8-16(18)21-14-9-12(2-4-13(10)14)19-7-6-11-3-5-15(17)20-11/h2,4,6,8-9H,3,5,7H2,1H3/b11-6+. The van der Waals surface area contributed by atoms with Crippen molar-refractivity contribution in [2.24, 2.45) is 0 Å². The summed E-state index contributed by atoms with van der Waals surface area (Å²) in [7, 11) is 0. The summed E-state index contributed by atoms with van der Waals surface area (Å²) < 4.78 is 15.7. The molecule has 0 radical (unpaired) electrons. The molecule has 5 nitrogen and oxygen atoms in total. The molecule has 0 N–H and O–H groups in total. The van der Waals surface area contributed by atoms with Crippen LogP contribution in [-0.2, 0) is 9.53 Å². The Kier molecular flexibility index (Phi) is 3.48. The second-order valence-electron chi connectivity index (χ2n) is 4.86. The first-order valence-corrected chi connectivity index (χ1v) is 6.69. The second kappa shape index (κ2) is 5.44. The maximum Gasteiger partial charge on any atom is 0.336 e. The van der Waals surface area contributed by atoms with Crippen LogP contribution in [0, 0.1) is 6.92 Å². The van der Waals surface area contributed by atoms with Crippen LogP contribution in [0.1, 0.15) is 18.4 Å². The van der Waals surface area contributed by atoms with Crippen LogP contribution in [0.4, 0.5) is 0 Å². The highest BCUT2D eigenvalue weighted by molar-refractivity contribution is 5.81. The van der Waals surface area contributed by atoms with Crippen molar-refractivity contribution >= 4 is 16.9 Å². The van der Waals surface area contributed by atoms with Gasteiger partial charge in [0.15, 0.2) is 0 Å². The highest BCUT2D eigenvalue weighted by Gasteiger charge is 2.16. The molecule has 0 unspecified atom stereocenters. The van der Waals surface area contributed by atoms with Crippen LogP contribution in [0.25, 0.3) is 11.0 Å². The van der Waals surface area contributed by atoms with Crippen molar-refractivity contribution in [1.82, 2.24) is 0 Å². The minimum atomic E-state index is -0.378. The lowest BCUT2D eigenvalue weighted by Gasteiger charge is -2.06. The van der Waals surface area contributed by atoms with Gasteiger partial charge in [0, 0.05) is 23.9 Å². The fourth-order valence-electron chi connectivity index (χ4n) is 2.24. The van der Waals surface area contributed by atoms with Gasteiger partial charge in [-0.2, -0.15) is 0 Å². The SMILES string of the molecule is Cc1cc(=O)oc2cc(OC/C=C3\CCC(=O)O3)ccc12. The van der Waals surface area contributed by atoms with E-state index in [0.717, 1.165) is 10.9 Å². The minimum absolute atomic E-state index is 0.204. The van der Waals surface area contributed by atoms with Gasteiger partial charge >= 0.3 is 11.6 Å². The average Bonchev–Trinajstić information content (AvgIpc) is 2.84. The van der Waals surface area contributed by atoms with E-state index in [1.54, 1.807) is 12.1 Å². The lowest BCUT2D eigenvalue weighted by Crippen LogP contribution is -1.99. The van der Waals surface area contributed by atoms with E-state index in [9.17, 15) is 9.59 Å². The summed E-state index contributed by atoms with van der Waals surface area (Å²) in [5.74, 6) is 1.03. The van der Waals surface area contributed by atoms with Gasteiger partial charge in [0.2, 0.25) is 0 Å². The van der Waals surface area contributed by atoms with Crippen molar-refractivity contribution in [3.8, 4) is 5.75 Å². The van der Waals surface area contributed by atoms with Crippen LogP contribution in [0.3, 0.4) is 0 Å². The Morgan fingerprint density at radius 2 is 2.10 bits per heavy atom. The number of cyclic esters (lactones) is 1. The van der Waals surface area contributed by atoms with E-state index < -0.39 is 0 Å². The Balaban J connectivity index is 1.76. The van der Waals surface area contributed by atoms with Gasteiger partial charge in [0.25, 0.3) is 0 Å². The smallest absolute Gasteiger partial charge is 0.336 e. The Morgan fingerprint density at radius 1 is 1.24 bits per heavy atom. The fourth-order valence-corrected chi connectivity index (χ4v) is 2.24. The third-order valence-electron chi connectivity index (χ3n) is 3.30.